The minimum atomic E-state index is -0.501. The third-order valence-corrected chi connectivity index (χ3v) is 3.39. The van der Waals surface area contributed by atoms with Crippen molar-refractivity contribution in [2.45, 2.75) is 26.3 Å². The molecule has 1 atom stereocenters. The Kier molecular flexibility index (Phi) is 3.10. The standard InChI is InChI=1S/C14H17N3O/c1-14(2,8-15)13(16-3)9-4-5-11-10(6-9)7-12(18)17-11/h4-6,13,16H,7H2,1-3H3,(H,17,18). The van der Waals surface area contributed by atoms with Crippen LogP contribution in [0, 0.1) is 16.7 Å². The van der Waals surface area contributed by atoms with Crippen molar-refractivity contribution < 1.29 is 4.79 Å². The molecule has 2 N–H and O–H groups in total. The second kappa shape index (κ2) is 4.43. The van der Waals surface area contributed by atoms with Crippen LogP contribution in [0.1, 0.15) is 31.0 Å². The molecule has 0 radical (unpaired) electrons. The van der Waals surface area contributed by atoms with Gasteiger partial charge in [0.25, 0.3) is 0 Å². The lowest BCUT2D eigenvalue weighted by atomic mass is 9.81. The van der Waals surface area contributed by atoms with Gasteiger partial charge < -0.3 is 10.6 Å². The number of hydrogen-bond acceptors (Lipinski definition) is 3. The Morgan fingerprint density at radius 2 is 2.22 bits per heavy atom. The number of amides is 1. The third-order valence-electron chi connectivity index (χ3n) is 3.39. The second-order valence-corrected chi connectivity index (χ2v) is 5.20. The molecule has 1 unspecified atom stereocenters. The molecule has 4 nitrogen and oxygen atoms in total. The van der Waals surface area contributed by atoms with Gasteiger partial charge in [-0.3, -0.25) is 4.79 Å². The maximum atomic E-state index is 11.3. The Labute approximate surface area is 107 Å². The number of rotatable bonds is 3. The molecule has 1 aliphatic rings. The van der Waals surface area contributed by atoms with Gasteiger partial charge in [-0.05, 0) is 38.1 Å². The molecule has 4 heteroatoms. The summed E-state index contributed by atoms with van der Waals surface area (Å²) in [6.45, 7) is 3.82. The molecule has 0 fully saturated rings. The Morgan fingerprint density at radius 1 is 1.50 bits per heavy atom. The van der Waals surface area contributed by atoms with Crippen molar-refractivity contribution in [1.29, 1.82) is 5.26 Å². The molecule has 0 spiro atoms. The molecular weight excluding hydrogens is 226 g/mol. The highest BCUT2D eigenvalue weighted by Gasteiger charge is 2.30. The molecule has 18 heavy (non-hydrogen) atoms. The minimum absolute atomic E-state index is 0.0303. The van der Waals surface area contributed by atoms with Gasteiger partial charge in [0.2, 0.25) is 5.91 Å². The van der Waals surface area contributed by atoms with Crippen LogP contribution in [0.5, 0.6) is 0 Å². The highest BCUT2D eigenvalue weighted by molar-refractivity contribution is 5.99. The Morgan fingerprint density at radius 3 is 2.83 bits per heavy atom. The number of benzene rings is 1. The zero-order valence-electron chi connectivity index (χ0n) is 10.9. The van der Waals surface area contributed by atoms with Crippen LogP contribution in [0.25, 0.3) is 0 Å². The molecule has 0 saturated heterocycles. The van der Waals surface area contributed by atoms with Gasteiger partial charge in [0.1, 0.15) is 0 Å². The predicted octanol–water partition coefficient (Wildman–Crippen LogP) is 1.99. The zero-order valence-corrected chi connectivity index (χ0v) is 10.9. The van der Waals surface area contributed by atoms with Crippen LogP contribution in [0.15, 0.2) is 18.2 Å². The fourth-order valence-electron chi connectivity index (χ4n) is 2.44. The van der Waals surface area contributed by atoms with E-state index in [0.717, 1.165) is 16.8 Å². The summed E-state index contributed by atoms with van der Waals surface area (Å²) in [7, 11) is 1.85. The van der Waals surface area contributed by atoms with E-state index in [1.165, 1.54) is 0 Å². The van der Waals surface area contributed by atoms with E-state index in [1.807, 2.05) is 39.1 Å². The summed E-state index contributed by atoms with van der Waals surface area (Å²) < 4.78 is 0. The van der Waals surface area contributed by atoms with Gasteiger partial charge in [-0.15, -0.1) is 0 Å². The van der Waals surface area contributed by atoms with E-state index in [4.69, 9.17) is 0 Å². The van der Waals surface area contributed by atoms with E-state index >= 15 is 0 Å². The monoisotopic (exact) mass is 243 g/mol. The first kappa shape index (κ1) is 12.6. The summed E-state index contributed by atoms with van der Waals surface area (Å²) in [5, 5.41) is 15.2. The van der Waals surface area contributed by atoms with Crippen molar-refractivity contribution in [3.8, 4) is 6.07 Å². The maximum absolute atomic E-state index is 11.3. The minimum Gasteiger partial charge on any atom is -0.326 e. The SMILES string of the molecule is CNC(c1ccc2c(c1)CC(=O)N2)C(C)(C)C#N. The second-order valence-electron chi connectivity index (χ2n) is 5.20. The number of hydrogen-bond donors (Lipinski definition) is 2. The highest BCUT2D eigenvalue weighted by Crippen LogP contribution is 2.35. The molecule has 1 aliphatic heterocycles. The summed E-state index contributed by atoms with van der Waals surface area (Å²) >= 11 is 0. The number of fused-ring (bicyclic) bond motifs is 1. The Hall–Kier alpha value is -1.86. The van der Waals surface area contributed by atoms with E-state index in [-0.39, 0.29) is 11.9 Å². The number of carbonyl (C=O) groups excluding carboxylic acids is 1. The van der Waals surface area contributed by atoms with E-state index in [1.54, 1.807) is 0 Å². The van der Waals surface area contributed by atoms with Crippen molar-refractivity contribution in [3.63, 3.8) is 0 Å². The number of nitriles is 1. The fourth-order valence-corrected chi connectivity index (χ4v) is 2.44. The summed E-state index contributed by atoms with van der Waals surface area (Å²) in [5.41, 5.74) is 2.43. The van der Waals surface area contributed by atoms with Crippen LogP contribution < -0.4 is 10.6 Å². The van der Waals surface area contributed by atoms with Crippen molar-refractivity contribution >= 4 is 11.6 Å². The van der Waals surface area contributed by atoms with E-state index in [2.05, 4.69) is 16.7 Å². The van der Waals surface area contributed by atoms with E-state index < -0.39 is 5.41 Å². The lowest BCUT2D eigenvalue weighted by molar-refractivity contribution is -0.115. The maximum Gasteiger partial charge on any atom is 0.228 e. The van der Waals surface area contributed by atoms with Gasteiger partial charge in [0, 0.05) is 5.69 Å². The van der Waals surface area contributed by atoms with Gasteiger partial charge in [0.05, 0.1) is 23.9 Å². The molecule has 1 aromatic rings. The number of nitrogens with one attached hydrogen (secondary N) is 2. The molecule has 94 valence electrons. The van der Waals surface area contributed by atoms with Crippen molar-refractivity contribution in [2.75, 3.05) is 12.4 Å². The summed E-state index contributed by atoms with van der Waals surface area (Å²) in [4.78, 5) is 11.3. The zero-order chi connectivity index (χ0) is 13.3. The van der Waals surface area contributed by atoms with Crippen molar-refractivity contribution in [3.05, 3.63) is 29.3 Å². The summed E-state index contributed by atoms with van der Waals surface area (Å²) in [6, 6.07) is 8.15. The Balaban J connectivity index is 2.38. The predicted molar refractivity (Wildman–Crippen MR) is 70.0 cm³/mol. The van der Waals surface area contributed by atoms with Crippen LogP contribution in [0.2, 0.25) is 0 Å². The smallest absolute Gasteiger partial charge is 0.228 e. The third kappa shape index (κ3) is 2.09. The van der Waals surface area contributed by atoms with Crippen LogP contribution in [-0.4, -0.2) is 13.0 Å². The number of carbonyl (C=O) groups is 1. The lowest BCUT2D eigenvalue weighted by Crippen LogP contribution is -2.30. The van der Waals surface area contributed by atoms with Crippen molar-refractivity contribution in [1.82, 2.24) is 5.32 Å². The van der Waals surface area contributed by atoms with Crippen LogP contribution in [-0.2, 0) is 11.2 Å². The van der Waals surface area contributed by atoms with Crippen molar-refractivity contribution in [2.24, 2.45) is 5.41 Å². The molecule has 1 heterocycles. The van der Waals surface area contributed by atoms with E-state index in [0.29, 0.717) is 6.42 Å². The first-order valence-corrected chi connectivity index (χ1v) is 5.99. The average molecular weight is 243 g/mol. The molecule has 0 aromatic heterocycles. The molecule has 0 bridgehead atoms. The average Bonchev–Trinajstić information content (AvgIpc) is 2.69. The molecule has 2 rings (SSSR count). The molecule has 0 aliphatic carbocycles. The van der Waals surface area contributed by atoms with Gasteiger partial charge in [-0.2, -0.15) is 5.26 Å². The van der Waals surface area contributed by atoms with Gasteiger partial charge in [0.15, 0.2) is 0 Å². The topological polar surface area (TPSA) is 64.9 Å². The van der Waals surface area contributed by atoms with Gasteiger partial charge in [-0.1, -0.05) is 12.1 Å². The molecule has 0 saturated carbocycles. The van der Waals surface area contributed by atoms with Crippen LogP contribution >= 0.6 is 0 Å². The summed E-state index contributed by atoms with van der Waals surface area (Å²) in [6.07, 6.45) is 0.423. The first-order chi connectivity index (χ1) is 8.47. The highest BCUT2D eigenvalue weighted by atomic mass is 16.1. The number of nitrogens with zero attached hydrogens (tertiary/aromatic N) is 1. The Bertz CT molecular complexity index is 528. The largest absolute Gasteiger partial charge is 0.326 e. The molecular formula is C14H17N3O. The van der Waals surface area contributed by atoms with Gasteiger partial charge >= 0.3 is 0 Å². The molecule has 1 aromatic carbocycles. The quantitative estimate of drug-likeness (QED) is 0.853. The van der Waals surface area contributed by atoms with Crippen LogP contribution in [0.4, 0.5) is 5.69 Å². The normalized spacial score (nSPS) is 15.8. The van der Waals surface area contributed by atoms with Gasteiger partial charge in [-0.25, -0.2) is 0 Å². The lowest BCUT2D eigenvalue weighted by Gasteiger charge is -2.28. The fraction of sp³-hybridized carbons (Fsp3) is 0.429. The first-order valence-electron chi connectivity index (χ1n) is 5.99. The van der Waals surface area contributed by atoms with Crippen LogP contribution in [0.3, 0.4) is 0 Å². The van der Waals surface area contributed by atoms with E-state index in [9.17, 15) is 10.1 Å². The molecule has 1 amide bonds. The summed E-state index contributed by atoms with van der Waals surface area (Å²) in [5.74, 6) is 0.0303. The number of anilines is 1.